The lowest BCUT2D eigenvalue weighted by molar-refractivity contribution is -0.171. The Morgan fingerprint density at radius 1 is 0.875 bits per heavy atom. The van der Waals surface area contributed by atoms with Gasteiger partial charge in [0.15, 0.2) is 17.8 Å². The molecule has 15 atom stereocenters. The maximum absolute atomic E-state index is 14.0. The average molecular weight is 926 g/mol. The number of aliphatic hydroxyl groups is 4. The minimum atomic E-state index is -1.73. The van der Waals surface area contributed by atoms with E-state index in [0.29, 0.717) is 41.4 Å². The molecule has 1 aromatic rings. The number of aromatic nitrogens is 1. The van der Waals surface area contributed by atoms with E-state index in [-0.39, 0.29) is 36.5 Å². The SMILES string of the molecule is CCCC(C)C(NC(=O)C1(C)CC(C2(C)CC(c3csc(CC(OC)C(C)C(CC(C)C(O)C(C)CC)OC(=O)C(O)C(C)O)n3)=NO2)=NO1)C(O)C(C)C(=O)OC(C(N)=O)C(C)C. The molecule has 0 saturated heterocycles. The molecule has 1 aromatic heterocycles. The molecular weight excluding hydrogens is 851 g/mol. The summed E-state index contributed by atoms with van der Waals surface area (Å²) in [5.74, 6) is -5.50. The molecule has 0 saturated carbocycles. The number of aliphatic hydroxyl groups excluding tert-OH is 4. The maximum atomic E-state index is 14.0. The molecule has 15 unspecified atom stereocenters. The highest BCUT2D eigenvalue weighted by Crippen LogP contribution is 2.37. The van der Waals surface area contributed by atoms with Crippen LogP contribution in [0.2, 0.25) is 0 Å². The molecule has 3 rings (SSSR count). The Kier molecular flexibility index (Phi) is 20.1. The van der Waals surface area contributed by atoms with Gasteiger partial charge in [0, 0.05) is 37.7 Å². The van der Waals surface area contributed by atoms with E-state index < -0.39 is 95.6 Å². The summed E-state index contributed by atoms with van der Waals surface area (Å²) in [5, 5.41) is 56.7. The molecule has 2 amide bonds. The third kappa shape index (κ3) is 13.7. The number of rotatable bonds is 26. The fraction of sp³-hybridized carbons (Fsp3) is 0.800. The molecule has 364 valence electrons. The van der Waals surface area contributed by atoms with Crippen LogP contribution in [0.4, 0.5) is 0 Å². The van der Waals surface area contributed by atoms with Crippen molar-refractivity contribution in [2.75, 3.05) is 7.11 Å². The van der Waals surface area contributed by atoms with E-state index in [0.717, 1.165) is 12.8 Å². The van der Waals surface area contributed by atoms with Crippen molar-refractivity contribution in [3.05, 3.63) is 16.1 Å². The van der Waals surface area contributed by atoms with Crippen molar-refractivity contribution in [2.24, 2.45) is 51.6 Å². The maximum Gasteiger partial charge on any atom is 0.337 e. The number of primary amides is 1. The predicted molar refractivity (Wildman–Crippen MR) is 240 cm³/mol. The van der Waals surface area contributed by atoms with Crippen LogP contribution in [0.3, 0.4) is 0 Å². The van der Waals surface area contributed by atoms with Gasteiger partial charge >= 0.3 is 11.9 Å². The number of hydrogen-bond acceptors (Lipinski definition) is 17. The minimum Gasteiger partial charge on any atom is -0.460 e. The number of carbonyl (C=O) groups is 4. The lowest BCUT2D eigenvalue weighted by Crippen LogP contribution is -2.57. The predicted octanol–water partition coefficient (Wildman–Crippen LogP) is 3.81. The minimum absolute atomic E-state index is 0.0148. The van der Waals surface area contributed by atoms with Gasteiger partial charge in [0.05, 0.1) is 47.1 Å². The normalized spacial score (nSPS) is 24.8. The number of amides is 2. The van der Waals surface area contributed by atoms with Gasteiger partial charge in [0.1, 0.15) is 17.5 Å². The Bertz CT molecular complexity index is 1790. The molecule has 0 aliphatic carbocycles. The number of nitrogens with zero attached hydrogens (tertiary/aromatic N) is 3. The first kappa shape index (κ1) is 54.6. The van der Waals surface area contributed by atoms with Crippen LogP contribution in [0.1, 0.15) is 132 Å². The number of hydrogen-bond donors (Lipinski definition) is 6. The first-order valence-electron chi connectivity index (χ1n) is 22.6. The van der Waals surface area contributed by atoms with E-state index in [1.165, 1.54) is 25.2 Å². The Hall–Kier alpha value is -3.75. The molecule has 19 heteroatoms. The highest BCUT2D eigenvalue weighted by molar-refractivity contribution is 7.09. The quantitative estimate of drug-likeness (QED) is 0.0722. The topological polar surface area (TPSA) is 271 Å². The Morgan fingerprint density at radius 3 is 2.09 bits per heavy atom. The number of nitrogens with one attached hydrogen (secondary N) is 1. The molecule has 64 heavy (non-hydrogen) atoms. The molecule has 2 aliphatic heterocycles. The van der Waals surface area contributed by atoms with Gasteiger partial charge in [0.25, 0.3) is 11.8 Å². The van der Waals surface area contributed by atoms with Gasteiger partial charge in [0.2, 0.25) is 5.60 Å². The number of methoxy groups -OCH3 is 1. The van der Waals surface area contributed by atoms with Crippen LogP contribution < -0.4 is 11.1 Å². The summed E-state index contributed by atoms with van der Waals surface area (Å²) >= 11 is 1.39. The van der Waals surface area contributed by atoms with Crippen molar-refractivity contribution in [3.63, 3.8) is 0 Å². The van der Waals surface area contributed by atoms with Crippen molar-refractivity contribution in [2.45, 2.75) is 188 Å². The van der Waals surface area contributed by atoms with E-state index in [1.54, 1.807) is 34.8 Å². The van der Waals surface area contributed by atoms with E-state index in [1.807, 2.05) is 46.9 Å². The highest BCUT2D eigenvalue weighted by atomic mass is 32.1. The second kappa shape index (κ2) is 23.6. The Labute approximate surface area is 382 Å². The van der Waals surface area contributed by atoms with E-state index in [4.69, 9.17) is 34.6 Å². The third-order valence-corrected chi connectivity index (χ3v) is 13.8. The average Bonchev–Trinajstić information content (AvgIpc) is 4.00. The second-order valence-electron chi connectivity index (χ2n) is 18.8. The van der Waals surface area contributed by atoms with Crippen molar-refractivity contribution in [1.82, 2.24) is 10.3 Å². The second-order valence-corrected chi connectivity index (χ2v) is 19.8. The third-order valence-electron chi connectivity index (χ3n) is 12.9. The summed E-state index contributed by atoms with van der Waals surface area (Å²) in [5.41, 5.74) is 4.43. The summed E-state index contributed by atoms with van der Waals surface area (Å²) in [6.45, 7) is 21.1. The number of oxime groups is 2. The lowest BCUT2D eigenvalue weighted by atomic mass is 9.83. The molecule has 7 N–H and O–H groups in total. The monoisotopic (exact) mass is 926 g/mol. The van der Waals surface area contributed by atoms with Gasteiger partial charge in [-0.15, -0.1) is 11.3 Å². The fourth-order valence-electron chi connectivity index (χ4n) is 8.01. The molecular formula is C45H75N5O13S. The van der Waals surface area contributed by atoms with Gasteiger partial charge in [-0.2, -0.15) is 0 Å². The number of thiazole rings is 1. The van der Waals surface area contributed by atoms with Gasteiger partial charge in [-0.25, -0.2) is 9.78 Å². The van der Waals surface area contributed by atoms with Crippen LogP contribution in [-0.4, -0.2) is 128 Å². The number of esters is 2. The smallest absolute Gasteiger partial charge is 0.337 e. The summed E-state index contributed by atoms with van der Waals surface area (Å²) in [6, 6.07) is -0.881. The highest BCUT2D eigenvalue weighted by Gasteiger charge is 2.52. The lowest BCUT2D eigenvalue weighted by Gasteiger charge is -2.34. The van der Waals surface area contributed by atoms with E-state index >= 15 is 0 Å². The van der Waals surface area contributed by atoms with Crippen molar-refractivity contribution < 1.29 is 63.5 Å². The first-order valence-corrected chi connectivity index (χ1v) is 23.4. The standard InChI is InChI=1S/C45H75N5O13S/c1-14-16-24(6)35(37(53)27(9)41(56)61-39(22(3)4)40(46)55)48-43(58)45(12)20-33(50-63-45)44(11)19-29(49-62-44)30-21-64-34(47-30)18-31(59-13)26(8)32(60-42(57)38(54)28(10)51)17-25(7)36(52)23(5)15-2/h21-28,31-32,35-39,51-54H,14-20H2,1-13H3,(H2,46,55)(H,48,58). The van der Waals surface area contributed by atoms with Crippen molar-refractivity contribution in [3.8, 4) is 0 Å². The van der Waals surface area contributed by atoms with Crippen molar-refractivity contribution >= 4 is 46.5 Å². The number of nitrogens with two attached hydrogens (primary N) is 1. The Balaban J connectivity index is 1.71. The van der Waals surface area contributed by atoms with Crippen LogP contribution in [-0.2, 0) is 49.5 Å². The molecule has 0 bridgehead atoms. The van der Waals surface area contributed by atoms with Crippen LogP contribution in [0, 0.1) is 35.5 Å². The van der Waals surface area contributed by atoms with Crippen LogP contribution in [0.25, 0.3) is 0 Å². The summed E-state index contributed by atoms with van der Waals surface area (Å²) < 4.78 is 17.1. The fourth-order valence-corrected chi connectivity index (χ4v) is 8.86. The summed E-state index contributed by atoms with van der Waals surface area (Å²) in [7, 11) is 1.55. The molecule has 0 spiro atoms. The number of carbonyl (C=O) groups excluding carboxylic acids is 4. The van der Waals surface area contributed by atoms with Gasteiger partial charge in [-0.3, -0.25) is 14.4 Å². The van der Waals surface area contributed by atoms with Crippen LogP contribution >= 0.6 is 11.3 Å². The zero-order valence-electron chi connectivity index (χ0n) is 39.9. The molecule has 2 aliphatic rings. The zero-order chi connectivity index (χ0) is 48.4. The number of ether oxygens (including phenoxy) is 3. The molecule has 18 nitrogen and oxygen atoms in total. The van der Waals surface area contributed by atoms with Gasteiger partial charge in [-0.1, -0.05) is 78.5 Å². The van der Waals surface area contributed by atoms with Crippen molar-refractivity contribution in [1.29, 1.82) is 0 Å². The molecule has 0 fully saturated rings. The van der Waals surface area contributed by atoms with Crippen LogP contribution in [0.15, 0.2) is 15.7 Å². The van der Waals surface area contributed by atoms with E-state index in [2.05, 4.69) is 15.6 Å². The largest absolute Gasteiger partial charge is 0.460 e. The summed E-state index contributed by atoms with van der Waals surface area (Å²) in [6.07, 6.45) is -4.41. The first-order chi connectivity index (χ1) is 29.8. The van der Waals surface area contributed by atoms with E-state index in [9.17, 15) is 39.6 Å². The Morgan fingerprint density at radius 2 is 1.53 bits per heavy atom. The molecule has 0 radical (unpaired) electrons. The van der Waals surface area contributed by atoms with Crippen LogP contribution in [0.5, 0.6) is 0 Å². The van der Waals surface area contributed by atoms with Gasteiger partial charge in [-0.05, 0) is 64.2 Å². The summed E-state index contributed by atoms with van der Waals surface area (Å²) in [4.78, 5) is 68.4. The van der Waals surface area contributed by atoms with Gasteiger partial charge < -0.3 is 55.4 Å². The molecule has 0 aromatic carbocycles. The zero-order valence-corrected chi connectivity index (χ0v) is 40.7. The molecule has 3 heterocycles.